The maximum atomic E-state index is 11.2. The molecule has 0 saturated carbocycles. The quantitative estimate of drug-likeness (QED) is 0.507. The minimum absolute atomic E-state index is 0.111. The third-order valence-electron chi connectivity index (χ3n) is 4.11. The van der Waals surface area contributed by atoms with Gasteiger partial charge in [-0.2, -0.15) is 0 Å². The Morgan fingerprint density at radius 1 is 1.00 bits per heavy atom. The summed E-state index contributed by atoms with van der Waals surface area (Å²) in [7, 11) is 0. The van der Waals surface area contributed by atoms with Crippen LogP contribution in [0.2, 0.25) is 0 Å². The second kappa shape index (κ2) is 5.55. The lowest BCUT2D eigenvalue weighted by Gasteiger charge is -2.44. The summed E-state index contributed by atoms with van der Waals surface area (Å²) in [5, 5.41) is 51.1. The molecule has 2 aromatic carbocycles. The number of carbonyl (C=O) groups is 1. The summed E-state index contributed by atoms with van der Waals surface area (Å²) in [6.45, 7) is 0. The predicted molar refractivity (Wildman–Crippen MR) is 78.4 cm³/mol. The van der Waals surface area contributed by atoms with Gasteiger partial charge in [-0.15, -0.1) is 0 Å². The number of fused-ring (bicyclic) bond motifs is 1. The highest BCUT2D eigenvalue weighted by Crippen LogP contribution is 2.39. The van der Waals surface area contributed by atoms with Gasteiger partial charge in [-0.05, 0) is 10.8 Å². The van der Waals surface area contributed by atoms with E-state index in [9.17, 15) is 25.2 Å². The van der Waals surface area contributed by atoms with Gasteiger partial charge in [0.15, 0.2) is 6.10 Å². The number of ether oxygens (including phenoxy) is 1. The summed E-state index contributed by atoms with van der Waals surface area (Å²) in [4.78, 5) is 11.2. The van der Waals surface area contributed by atoms with Gasteiger partial charge >= 0.3 is 5.97 Å². The molecule has 5 atom stereocenters. The van der Waals surface area contributed by atoms with Gasteiger partial charge in [0, 0.05) is 5.56 Å². The zero-order valence-electron chi connectivity index (χ0n) is 11.9. The second-order valence-corrected chi connectivity index (χ2v) is 5.53. The highest BCUT2D eigenvalue weighted by Gasteiger charge is 2.56. The van der Waals surface area contributed by atoms with E-state index >= 15 is 0 Å². The average Bonchev–Trinajstić information content (AvgIpc) is 2.55. The van der Waals surface area contributed by atoms with Crippen molar-refractivity contribution in [1.82, 2.24) is 0 Å². The Hall–Kier alpha value is -2.03. The number of rotatable bonds is 2. The van der Waals surface area contributed by atoms with Crippen LogP contribution in [0.5, 0.6) is 0 Å². The summed E-state index contributed by atoms with van der Waals surface area (Å²) in [6.07, 6.45) is -7.54. The lowest BCUT2D eigenvalue weighted by molar-refractivity contribution is -0.349. The van der Waals surface area contributed by atoms with Gasteiger partial charge in [-0.3, -0.25) is 0 Å². The zero-order chi connectivity index (χ0) is 16.8. The van der Waals surface area contributed by atoms with E-state index in [0.717, 1.165) is 5.39 Å². The largest absolute Gasteiger partial charge is 0.479 e. The molecule has 1 saturated heterocycles. The monoisotopic (exact) mass is 320 g/mol. The molecule has 1 fully saturated rings. The van der Waals surface area contributed by atoms with E-state index in [0.29, 0.717) is 5.39 Å². The van der Waals surface area contributed by atoms with Crippen molar-refractivity contribution in [3.05, 3.63) is 48.0 Å². The third-order valence-corrected chi connectivity index (χ3v) is 4.11. The predicted octanol–water partition coefficient (Wildman–Crippen LogP) is -0.449. The number of aliphatic carboxylic acids is 1. The molecule has 7 heteroatoms. The maximum Gasteiger partial charge on any atom is 0.335 e. The van der Waals surface area contributed by atoms with Gasteiger partial charge in [0.25, 0.3) is 0 Å². The number of benzene rings is 2. The van der Waals surface area contributed by atoms with Crippen LogP contribution in [0.3, 0.4) is 0 Å². The minimum atomic E-state index is -2.47. The van der Waals surface area contributed by atoms with Gasteiger partial charge in [0.1, 0.15) is 18.3 Å². The smallest absolute Gasteiger partial charge is 0.335 e. The molecule has 0 unspecified atom stereocenters. The summed E-state index contributed by atoms with van der Waals surface area (Å²) in [6, 6.07) is 11.8. The van der Waals surface area contributed by atoms with E-state index in [1.54, 1.807) is 36.4 Å². The molecule has 122 valence electrons. The average molecular weight is 320 g/mol. The summed E-state index contributed by atoms with van der Waals surface area (Å²) in [5.74, 6) is -4.02. The second-order valence-electron chi connectivity index (χ2n) is 5.53. The Kier molecular flexibility index (Phi) is 3.83. The van der Waals surface area contributed by atoms with Crippen LogP contribution in [-0.2, 0) is 15.3 Å². The van der Waals surface area contributed by atoms with Crippen molar-refractivity contribution < 1.29 is 35.1 Å². The van der Waals surface area contributed by atoms with Crippen LogP contribution in [0.1, 0.15) is 5.56 Å². The fourth-order valence-electron chi connectivity index (χ4n) is 2.89. The van der Waals surface area contributed by atoms with Gasteiger partial charge in [-0.25, -0.2) is 4.79 Å². The maximum absolute atomic E-state index is 11.2. The first-order valence-electron chi connectivity index (χ1n) is 7.01. The lowest BCUT2D eigenvalue weighted by Crippen LogP contribution is -2.64. The van der Waals surface area contributed by atoms with Gasteiger partial charge in [0.05, 0.1) is 0 Å². The number of hydrogen-bond acceptors (Lipinski definition) is 6. The van der Waals surface area contributed by atoms with E-state index in [4.69, 9.17) is 9.84 Å². The highest BCUT2D eigenvalue weighted by molar-refractivity contribution is 5.86. The zero-order valence-corrected chi connectivity index (χ0v) is 11.9. The van der Waals surface area contributed by atoms with Crippen LogP contribution in [0.15, 0.2) is 42.5 Å². The molecular formula is C16H16O7. The first-order valence-corrected chi connectivity index (χ1v) is 7.01. The molecule has 0 bridgehead atoms. The fourth-order valence-corrected chi connectivity index (χ4v) is 2.89. The molecule has 1 heterocycles. The van der Waals surface area contributed by atoms with E-state index in [1.165, 1.54) is 6.07 Å². The summed E-state index contributed by atoms with van der Waals surface area (Å²) >= 11 is 0. The molecule has 1 aliphatic rings. The van der Waals surface area contributed by atoms with E-state index < -0.39 is 36.2 Å². The van der Waals surface area contributed by atoms with Crippen molar-refractivity contribution in [3.8, 4) is 0 Å². The van der Waals surface area contributed by atoms with Crippen molar-refractivity contribution in [2.45, 2.75) is 30.2 Å². The van der Waals surface area contributed by atoms with Crippen LogP contribution in [0, 0.1) is 0 Å². The molecule has 0 aromatic heterocycles. The molecule has 5 N–H and O–H groups in total. The number of carboxylic acid groups (broad SMARTS) is 1. The number of aliphatic hydroxyl groups excluding tert-OH is 3. The van der Waals surface area contributed by atoms with Crippen molar-refractivity contribution in [1.29, 1.82) is 0 Å². The topological polar surface area (TPSA) is 127 Å². The molecule has 0 spiro atoms. The Morgan fingerprint density at radius 3 is 2.35 bits per heavy atom. The first-order chi connectivity index (χ1) is 10.9. The molecule has 2 aromatic rings. The Bertz CT molecular complexity index is 741. The van der Waals surface area contributed by atoms with Crippen molar-refractivity contribution in [3.63, 3.8) is 0 Å². The molecule has 0 aliphatic carbocycles. The number of carboxylic acids is 1. The van der Waals surface area contributed by atoms with Crippen LogP contribution in [0.25, 0.3) is 10.8 Å². The molecule has 1 aliphatic heterocycles. The van der Waals surface area contributed by atoms with E-state index in [-0.39, 0.29) is 5.56 Å². The first kappa shape index (κ1) is 15.9. The molecule has 0 radical (unpaired) electrons. The van der Waals surface area contributed by atoms with Gasteiger partial charge in [-0.1, -0.05) is 42.5 Å². The van der Waals surface area contributed by atoms with Crippen molar-refractivity contribution in [2.24, 2.45) is 0 Å². The minimum Gasteiger partial charge on any atom is -0.479 e. The lowest BCUT2D eigenvalue weighted by atomic mass is 9.86. The van der Waals surface area contributed by atoms with Crippen molar-refractivity contribution in [2.75, 3.05) is 0 Å². The number of hydrogen-bond donors (Lipinski definition) is 5. The van der Waals surface area contributed by atoms with E-state index in [1.807, 2.05) is 0 Å². The van der Waals surface area contributed by atoms with Gasteiger partial charge in [0.2, 0.25) is 5.79 Å². The molecule has 7 nitrogen and oxygen atoms in total. The van der Waals surface area contributed by atoms with Crippen LogP contribution >= 0.6 is 0 Å². The Labute approximate surface area is 131 Å². The fraction of sp³-hybridized carbons (Fsp3) is 0.312. The molecule has 3 rings (SSSR count). The molecule has 0 amide bonds. The third kappa shape index (κ3) is 2.39. The normalized spacial score (nSPS) is 34.4. The van der Waals surface area contributed by atoms with Crippen molar-refractivity contribution >= 4 is 16.7 Å². The Balaban J connectivity index is 2.16. The van der Waals surface area contributed by atoms with Gasteiger partial charge < -0.3 is 30.3 Å². The highest BCUT2D eigenvalue weighted by atomic mass is 16.7. The van der Waals surface area contributed by atoms with Crippen LogP contribution in [-0.4, -0.2) is 55.9 Å². The molecular weight excluding hydrogens is 304 g/mol. The SMILES string of the molecule is O=C(O)[C@H]1O[C@](O)(c2cccc3ccccc23)[C@H](O)[C@@H](O)[C@@H]1O. The standard InChI is InChI=1S/C16H16O7/c17-11-12(18)14(19)16(22,23-13(11)15(20)21)10-7-3-5-8-4-1-2-6-9(8)10/h1-7,11-14,17-19,22H,(H,20,21)/t11-,12-,13-,14+,16+/m0/s1. The van der Waals surface area contributed by atoms with Crippen LogP contribution < -0.4 is 0 Å². The summed E-state index contributed by atoms with van der Waals surface area (Å²) < 4.78 is 5.12. The summed E-state index contributed by atoms with van der Waals surface area (Å²) in [5.41, 5.74) is 0.111. The van der Waals surface area contributed by atoms with E-state index in [2.05, 4.69) is 0 Å². The molecule has 23 heavy (non-hydrogen) atoms. The van der Waals surface area contributed by atoms with Crippen LogP contribution in [0.4, 0.5) is 0 Å². The Morgan fingerprint density at radius 2 is 1.65 bits per heavy atom. The number of aliphatic hydroxyl groups is 4.